The molecule has 0 saturated heterocycles. The number of amides is 1. The van der Waals surface area contributed by atoms with Crippen molar-refractivity contribution in [3.8, 4) is 0 Å². The van der Waals surface area contributed by atoms with Gasteiger partial charge in [-0.1, -0.05) is 23.2 Å². The normalized spacial score (nSPS) is 10.3. The summed E-state index contributed by atoms with van der Waals surface area (Å²) in [4.78, 5) is 20.1. The molecule has 0 unspecified atom stereocenters. The van der Waals surface area contributed by atoms with Crippen molar-refractivity contribution < 1.29 is 4.79 Å². The number of halogens is 2. The van der Waals surface area contributed by atoms with Gasteiger partial charge in [-0.05, 0) is 32.0 Å². The fraction of sp³-hybridized carbons (Fsp3) is 0.154. The first-order chi connectivity index (χ1) is 8.97. The second kappa shape index (κ2) is 5.55. The van der Waals surface area contributed by atoms with Gasteiger partial charge >= 0.3 is 0 Å². The van der Waals surface area contributed by atoms with Crippen LogP contribution in [0.15, 0.2) is 24.5 Å². The van der Waals surface area contributed by atoms with Crippen molar-refractivity contribution in [3.63, 3.8) is 0 Å². The Morgan fingerprint density at radius 3 is 2.37 bits per heavy atom. The minimum Gasteiger partial charge on any atom is -0.321 e. The Morgan fingerprint density at radius 1 is 1.11 bits per heavy atom. The monoisotopic (exact) mass is 295 g/mol. The zero-order chi connectivity index (χ0) is 14.0. The quantitative estimate of drug-likeness (QED) is 0.920. The minimum atomic E-state index is -0.318. The lowest BCUT2D eigenvalue weighted by Crippen LogP contribution is -2.16. The number of nitrogens with zero attached hydrogens (tertiary/aromatic N) is 2. The van der Waals surface area contributed by atoms with E-state index >= 15 is 0 Å². The maximum Gasteiger partial charge on any atom is 0.274 e. The first-order valence-corrected chi connectivity index (χ1v) is 6.28. The second-order valence-corrected chi connectivity index (χ2v) is 4.92. The van der Waals surface area contributed by atoms with E-state index in [0.717, 1.165) is 11.3 Å². The van der Waals surface area contributed by atoms with Crippen LogP contribution < -0.4 is 5.32 Å². The highest BCUT2D eigenvalue weighted by molar-refractivity contribution is 6.35. The number of hydrogen-bond donors (Lipinski definition) is 1. The summed E-state index contributed by atoms with van der Waals surface area (Å²) in [6.45, 7) is 3.62. The first-order valence-electron chi connectivity index (χ1n) is 5.53. The molecule has 2 aromatic rings. The molecule has 4 nitrogen and oxygen atoms in total. The third-order valence-electron chi connectivity index (χ3n) is 2.67. The lowest BCUT2D eigenvalue weighted by atomic mass is 10.2. The van der Waals surface area contributed by atoms with E-state index in [1.165, 1.54) is 6.33 Å². The van der Waals surface area contributed by atoms with Gasteiger partial charge in [0.2, 0.25) is 0 Å². The van der Waals surface area contributed by atoms with E-state index in [9.17, 15) is 4.79 Å². The van der Waals surface area contributed by atoms with Gasteiger partial charge in [-0.15, -0.1) is 0 Å². The van der Waals surface area contributed by atoms with Gasteiger partial charge in [-0.3, -0.25) is 4.79 Å². The number of anilines is 1. The second-order valence-electron chi connectivity index (χ2n) is 4.04. The highest BCUT2D eigenvalue weighted by Gasteiger charge is 2.13. The summed E-state index contributed by atoms with van der Waals surface area (Å²) in [6, 6.07) is 4.84. The topological polar surface area (TPSA) is 54.9 Å². The molecule has 1 amide bonds. The summed E-state index contributed by atoms with van der Waals surface area (Å²) in [5, 5.41) is 3.62. The van der Waals surface area contributed by atoms with Gasteiger partial charge in [0.25, 0.3) is 5.91 Å². The largest absolute Gasteiger partial charge is 0.321 e. The molecule has 0 saturated carbocycles. The van der Waals surface area contributed by atoms with Crippen LogP contribution in [0.1, 0.15) is 21.7 Å². The average Bonchev–Trinajstić information content (AvgIpc) is 2.31. The maximum absolute atomic E-state index is 12.1. The van der Waals surface area contributed by atoms with E-state index < -0.39 is 0 Å². The number of aromatic nitrogens is 2. The van der Waals surface area contributed by atoms with Crippen LogP contribution in [0.3, 0.4) is 0 Å². The van der Waals surface area contributed by atoms with Crippen LogP contribution in [0.5, 0.6) is 0 Å². The van der Waals surface area contributed by atoms with Gasteiger partial charge in [0, 0.05) is 27.0 Å². The fourth-order valence-electron chi connectivity index (χ4n) is 1.58. The number of benzene rings is 1. The van der Waals surface area contributed by atoms with Crippen LogP contribution in [0.2, 0.25) is 10.0 Å². The third-order valence-corrected chi connectivity index (χ3v) is 3.11. The summed E-state index contributed by atoms with van der Waals surface area (Å²) in [7, 11) is 0. The number of carbonyl (C=O) groups is 1. The molecular formula is C13H11Cl2N3O. The number of nitrogens with one attached hydrogen (secondary N) is 1. The van der Waals surface area contributed by atoms with Crippen LogP contribution in [-0.4, -0.2) is 15.9 Å². The third kappa shape index (κ3) is 3.22. The SMILES string of the molecule is Cc1ncnc(C(=O)Nc2cc(Cl)cc(Cl)c2)c1C. The summed E-state index contributed by atoms with van der Waals surface area (Å²) in [5.74, 6) is -0.318. The van der Waals surface area contributed by atoms with Gasteiger partial charge < -0.3 is 5.32 Å². The summed E-state index contributed by atoms with van der Waals surface area (Å²) >= 11 is 11.7. The smallest absolute Gasteiger partial charge is 0.274 e. The van der Waals surface area contributed by atoms with Gasteiger partial charge in [0.15, 0.2) is 0 Å². The number of hydrogen-bond acceptors (Lipinski definition) is 3. The Bertz CT molecular complexity index is 624. The molecule has 0 aliphatic carbocycles. The molecule has 0 atom stereocenters. The molecule has 0 spiro atoms. The molecule has 1 N–H and O–H groups in total. The van der Waals surface area contributed by atoms with Gasteiger partial charge in [-0.25, -0.2) is 9.97 Å². The summed E-state index contributed by atoms with van der Waals surface area (Å²) < 4.78 is 0. The Morgan fingerprint density at radius 2 is 1.74 bits per heavy atom. The van der Waals surface area contributed by atoms with Crippen LogP contribution in [0, 0.1) is 13.8 Å². The molecule has 1 heterocycles. The van der Waals surface area contributed by atoms with Crippen molar-refractivity contribution in [2.75, 3.05) is 5.32 Å². The molecule has 98 valence electrons. The lowest BCUT2D eigenvalue weighted by Gasteiger charge is -2.08. The molecule has 6 heteroatoms. The van der Waals surface area contributed by atoms with E-state index in [2.05, 4.69) is 15.3 Å². The zero-order valence-electron chi connectivity index (χ0n) is 10.4. The molecule has 2 rings (SSSR count). The van der Waals surface area contributed by atoms with E-state index in [0.29, 0.717) is 21.4 Å². The van der Waals surface area contributed by atoms with Crippen LogP contribution in [0.25, 0.3) is 0 Å². The number of aryl methyl sites for hydroxylation is 1. The highest BCUT2D eigenvalue weighted by atomic mass is 35.5. The van der Waals surface area contributed by atoms with E-state index in [-0.39, 0.29) is 5.91 Å². The van der Waals surface area contributed by atoms with Crippen molar-refractivity contribution in [3.05, 3.63) is 51.5 Å². The standard InChI is InChI=1S/C13H11Cl2N3O/c1-7-8(2)16-6-17-12(7)13(19)18-11-4-9(14)3-10(15)5-11/h3-6H,1-2H3,(H,18,19). The molecular weight excluding hydrogens is 285 g/mol. The minimum absolute atomic E-state index is 0.318. The van der Waals surface area contributed by atoms with Gasteiger partial charge in [0.05, 0.1) is 0 Å². The van der Waals surface area contributed by atoms with Crippen molar-refractivity contribution in [1.82, 2.24) is 9.97 Å². The predicted molar refractivity (Wildman–Crippen MR) is 75.9 cm³/mol. The summed E-state index contributed by atoms with van der Waals surface area (Å²) in [5.41, 5.74) is 2.37. The van der Waals surface area contributed by atoms with Crippen molar-refractivity contribution in [2.45, 2.75) is 13.8 Å². The van der Waals surface area contributed by atoms with Crippen molar-refractivity contribution in [2.24, 2.45) is 0 Å². The Kier molecular flexibility index (Phi) is 4.02. The molecule has 19 heavy (non-hydrogen) atoms. The number of rotatable bonds is 2. The number of carbonyl (C=O) groups excluding carboxylic acids is 1. The first kappa shape index (κ1) is 13.8. The molecule has 1 aromatic heterocycles. The fourth-order valence-corrected chi connectivity index (χ4v) is 2.11. The molecule has 0 aliphatic heterocycles. The van der Waals surface area contributed by atoms with E-state index in [1.54, 1.807) is 25.1 Å². The van der Waals surface area contributed by atoms with Gasteiger partial charge in [-0.2, -0.15) is 0 Å². The van der Waals surface area contributed by atoms with Crippen LogP contribution in [0.4, 0.5) is 5.69 Å². The lowest BCUT2D eigenvalue weighted by molar-refractivity contribution is 0.102. The highest BCUT2D eigenvalue weighted by Crippen LogP contribution is 2.23. The molecule has 0 fully saturated rings. The van der Waals surface area contributed by atoms with Crippen LogP contribution in [-0.2, 0) is 0 Å². The Hall–Kier alpha value is -1.65. The van der Waals surface area contributed by atoms with Crippen molar-refractivity contribution in [1.29, 1.82) is 0 Å². The Labute approximate surface area is 120 Å². The molecule has 0 aliphatic rings. The predicted octanol–water partition coefficient (Wildman–Crippen LogP) is 3.65. The molecule has 1 aromatic carbocycles. The van der Waals surface area contributed by atoms with E-state index in [4.69, 9.17) is 23.2 Å². The van der Waals surface area contributed by atoms with E-state index in [1.807, 2.05) is 6.92 Å². The van der Waals surface area contributed by atoms with Gasteiger partial charge in [0.1, 0.15) is 12.0 Å². The Balaban J connectivity index is 2.28. The molecule has 0 radical (unpaired) electrons. The molecule has 0 bridgehead atoms. The van der Waals surface area contributed by atoms with Crippen molar-refractivity contribution >= 4 is 34.8 Å². The average molecular weight is 296 g/mol. The summed E-state index contributed by atoms with van der Waals surface area (Å²) in [6.07, 6.45) is 1.36. The maximum atomic E-state index is 12.1. The van der Waals surface area contributed by atoms with Crippen LogP contribution >= 0.6 is 23.2 Å². The zero-order valence-corrected chi connectivity index (χ0v) is 11.9.